The smallest absolute Gasteiger partial charge is 0.475 e. The van der Waals surface area contributed by atoms with E-state index in [9.17, 15) is 61.9 Å². The van der Waals surface area contributed by atoms with Gasteiger partial charge in [-0.2, -0.15) is 52.7 Å². The summed E-state index contributed by atoms with van der Waals surface area (Å²) >= 11 is 0. The first-order chi connectivity index (χ1) is 31.1. The quantitative estimate of drug-likeness (QED) is 0.121. The van der Waals surface area contributed by atoms with Crippen LogP contribution in [0.3, 0.4) is 0 Å². The van der Waals surface area contributed by atoms with E-state index in [1.165, 1.54) is 18.1 Å². The molecule has 3 aromatic carbocycles. The summed E-state index contributed by atoms with van der Waals surface area (Å²) in [5, 5.41) is 35.0. The van der Waals surface area contributed by atoms with E-state index < -0.39 is 48.6 Å². The van der Waals surface area contributed by atoms with Crippen molar-refractivity contribution in [3.05, 3.63) is 94.8 Å². The first-order valence-electron chi connectivity index (χ1n) is 19.4. The molecule has 2 saturated heterocycles. The summed E-state index contributed by atoms with van der Waals surface area (Å²) in [5.41, 5.74) is 5.24. The second-order valence-electron chi connectivity index (χ2n) is 14.8. The number of piperazine rings is 1. The molecule has 6 N–H and O–H groups in total. The van der Waals surface area contributed by atoms with Crippen molar-refractivity contribution in [1.82, 2.24) is 25.3 Å². The van der Waals surface area contributed by atoms with Gasteiger partial charge in [0.15, 0.2) is 0 Å². The molecule has 3 aromatic rings. The molecule has 2 heterocycles. The fourth-order valence-corrected chi connectivity index (χ4v) is 5.94. The minimum absolute atomic E-state index is 0.122. The maximum Gasteiger partial charge on any atom is 0.490 e. The van der Waals surface area contributed by atoms with Gasteiger partial charge in [0.05, 0.1) is 0 Å². The average Bonchev–Trinajstić information content (AvgIpc) is 3.66. The number of hydrogen-bond donors (Lipinski definition) is 6. The third kappa shape index (κ3) is 23.1. The van der Waals surface area contributed by atoms with Gasteiger partial charge in [-0.25, -0.2) is 23.6 Å². The molecule has 380 valence electrons. The van der Waals surface area contributed by atoms with Crippen LogP contribution in [0, 0.1) is 5.82 Å². The molecule has 2 aliphatic heterocycles. The van der Waals surface area contributed by atoms with Crippen molar-refractivity contribution in [3.63, 3.8) is 0 Å². The Bertz CT molecular complexity index is 2040. The number of aliphatic carboxylic acids is 4. The zero-order valence-electron chi connectivity index (χ0n) is 36.0. The van der Waals surface area contributed by atoms with Crippen LogP contribution < -0.4 is 10.6 Å². The normalized spacial score (nSPS) is 16.5. The van der Waals surface area contributed by atoms with Crippen molar-refractivity contribution in [2.45, 2.75) is 69.8 Å². The van der Waals surface area contributed by atoms with E-state index in [1.807, 2.05) is 36.4 Å². The predicted molar refractivity (Wildman–Crippen MR) is 214 cm³/mol. The Labute approximate surface area is 378 Å². The number of nitrogens with zero attached hydrogens (tertiary/aromatic N) is 3. The molecule has 0 aromatic heterocycles. The molecule has 68 heavy (non-hydrogen) atoms. The highest BCUT2D eigenvalue weighted by atomic mass is 19.4. The largest absolute Gasteiger partial charge is 0.490 e. The lowest BCUT2D eigenvalue weighted by Gasteiger charge is -2.31. The molecule has 1 amide bonds. The molecule has 2 fully saturated rings. The topological polar surface area (TPSA) is 200 Å². The van der Waals surface area contributed by atoms with Crippen LogP contribution in [0.25, 0.3) is 11.1 Å². The number of halogens is 13. The number of alkyl halides is 12. The van der Waals surface area contributed by atoms with Crippen molar-refractivity contribution >= 4 is 29.8 Å². The van der Waals surface area contributed by atoms with Crippen molar-refractivity contribution in [1.29, 1.82) is 0 Å². The number of nitrogens with one attached hydrogen (secondary N) is 2. The Hall–Kier alpha value is -6.06. The van der Waals surface area contributed by atoms with Crippen LogP contribution >= 0.6 is 0 Å². The number of amides is 1. The molecule has 14 nitrogen and oxygen atoms in total. The molecule has 0 aliphatic carbocycles. The lowest BCUT2D eigenvalue weighted by Crippen LogP contribution is -2.48. The number of carbonyl (C=O) groups excluding carboxylic acids is 1. The highest BCUT2D eigenvalue weighted by Gasteiger charge is 2.40. The monoisotopic (exact) mass is 999 g/mol. The molecule has 27 heteroatoms. The number of carbonyl (C=O) groups is 5. The lowest BCUT2D eigenvalue weighted by atomic mass is 10.00. The minimum atomic E-state index is -5.08. The highest BCUT2D eigenvalue weighted by Crippen LogP contribution is 2.26. The summed E-state index contributed by atoms with van der Waals surface area (Å²) in [4.78, 5) is 55.8. The highest BCUT2D eigenvalue weighted by molar-refractivity contribution is 5.94. The third-order valence-corrected chi connectivity index (χ3v) is 9.16. The molecule has 0 radical (unpaired) electrons. The van der Waals surface area contributed by atoms with E-state index >= 15 is 0 Å². The maximum absolute atomic E-state index is 14.9. The molecule has 0 spiro atoms. The van der Waals surface area contributed by atoms with Gasteiger partial charge in [-0.05, 0) is 86.6 Å². The molecular formula is C41H46F13N5O9. The number of benzene rings is 3. The second-order valence-corrected chi connectivity index (χ2v) is 14.8. The van der Waals surface area contributed by atoms with Crippen molar-refractivity contribution < 1.29 is 101 Å². The fourth-order valence-electron chi connectivity index (χ4n) is 5.94. The summed E-state index contributed by atoms with van der Waals surface area (Å²) < 4.78 is 142. The van der Waals surface area contributed by atoms with Gasteiger partial charge in [0, 0.05) is 69.0 Å². The summed E-state index contributed by atoms with van der Waals surface area (Å²) in [5.74, 6) is -11.4. The van der Waals surface area contributed by atoms with E-state index in [-0.39, 0.29) is 11.7 Å². The van der Waals surface area contributed by atoms with Gasteiger partial charge in [0.25, 0.3) is 5.91 Å². The van der Waals surface area contributed by atoms with Gasteiger partial charge in [-0.3, -0.25) is 14.6 Å². The van der Waals surface area contributed by atoms with Gasteiger partial charge in [-0.1, -0.05) is 36.4 Å². The van der Waals surface area contributed by atoms with Gasteiger partial charge < -0.3 is 36.0 Å². The molecule has 0 saturated carbocycles. The number of rotatable bonds is 9. The maximum atomic E-state index is 14.9. The van der Waals surface area contributed by atoms with E-state index in [4.69, 9.17) is 39.6 Å². The summed E-state index contributed by atoms with van der Waals surface area (Å²) in [6.07, 6.45) is -19.2. The number of hydrogen-bond acceptors (Lipinski definition) is 9. The Balaban J connectivity index is 0.000000668. The minimum Gasteiger partial charge on any atom is -0.475 e. The van der Waals surface area contributed by atoms with E-state index in [1.54, 1.807) is 6.07 Å². The molecule has 5 rings (SSSR count). The van der Waals surface area contributed by atoms with Gasteiger partial charge >= 0.3 is 48.6 Å². The van der Waals surface area contributed by atoms with Crippen LogP contribution in [0.15, 0.2) is 66.7 Å². The molecule has 2 aliphatic rings. The van der Waals surface area contributed by atoms with Crippen LogP contribution in [0.2, 0.25) is 0 Å². The predicted octanol–water partition coefficient (Wildman–Crippen LogP) is 6.89. The fraction of sp³-hybridized carbons (Fsp3) is 0.439. The van der Waals surface area contributed by atoms with Gasteiger partial charge in [0.2, 0.25) is 0 Å². The van der Waals surface area contributed by atoms with Gasteiger partial charge in [0.1, 0.15) is 5.82 Å². The number of likely N-dealkylation sites (N-methyl/N-ethyl adjacent to an activating group) is 2. The van der Waals surface area contributed by atoms with Crippen LogP contribution in [0.4, 0.5) is 57.1 Å². The third-order valence-electron chi connectivity index (χ3n) is 9.16. The molecule has 0 bridgehead atoms. The summed E-state index contributed by atoms with van der Waals surface area (Å²) in [7, 11) is 4.32. The lowest BCUT2D eigenvalue weighted by molar-refractivity contribution is -0.193. The van der Waals surface area contributed by atoms with E-state index in [2.05, 4.69) is 64.6 Å². The van der Waals surface area contributed by atoms with Crippen molar-refractivity contribution in [2.24, 2.45) is 0 Å². The Morgan fingerprint density at radius 1 is 0.691 bits per heavy atom. The number of carboxylic acids is 4. The zero-order chi connectivity index (χ0) is 52.4. The molecule has 2 atom stereocenters. The first-order valence-corrected chi connectivity index (χ1v) is 19.4. The standard InChI is InChI=1S/C33H42FN5O.4C2HF3O2/c1-24-20-39(15-13-35-24)22-27-7-4-8-28(16-27)31-18-25(10-11-32(31)34)19-36-33(40)29-9-5-6-26(17-29)21-38(3)30-12-14-37(2)23-30;4*3-2(4,5)1(6)7/h4-11,16-18,24,30,35H,12-15,19-23H2,1-3H3,(H,36,40);4*(H,6,7)/t24-,30?;;;;/m0..../s1. The Morgan fingerprint density at radius 3 is 1.66 bits per heavy atom. The Kier molecular flexibility index (Phi) is 23.3. The molecule has 1 unspecified atom stereocenters. The number of likely N-dealkylation sites (tertiary alicyclic amines) is 1. The van der Waals surface area contributed by atoms with Crippen LogP contribution in [0.1, 0.15) is 40.4 Å². The van der Waals surface area contributed by atoms with Crippen LogP contribution in [0.5, 0.6) is 0 Å². The van der Waals surface area contributed by atoms with E-state index in [0.717, 1.165) is 62.5 Å². The number of carboxylic acid groups (broad SMARTS) is 4. The zero-order valence-corrected chi connectivity index (χ0v) is 36.0. The average molecular weight is 1000 g/mol. The summed E-state index contributed by atoms with van der Waals surface area (Å²) in [6.45, 7) is 9.42. The van der Waals surface area contributed by atoms with E-state index in [0.29, 0.717) is 29.8 Å². The van der Waals surface area contributed by atoms with Crippen molar-refractivity contribution in [2.75, 3.05) is 46.8 Å². The van der Waals surface area contributed by atoms with Gasteiger partial charge in [-0.15, -0.1) is 0 Å². The summed E-state index contributed by atoms with van der Waals surface area (Å²) in [6, 6.07) is 22.1. The van der Waals surface area contributed by atoms with Crippen molar-refractivity contribution in [3.8, 4) is 11.1 Å². The molecular weight excluding hydrogens is 953 g/mol. The second kappa shape index (κ2) is 26.5. The Morgan fingerprint density at radius 2 is 1.19 bits per heavy atom. The first kappa shape index (κ1) is 60.0. The van der Waals surface area contributed by atoms with Crippen LogP contribution in [-0.4, -0.2) is 149 Å². The van der Waals surface area contributed by atoms with Crippen LogP contribution in [-0.2, 0) is 38.8 Å². The SMILES string of the molecule is C[C@H]1CN(Cc2cccc(-c3cc(CNC(=O)c4cccc(CN(C)C5CCN(C)C5)c4)ccc3F)c2)CCN1.O=C(O)C(F)(F)F.O=C(O)C(F)(F)F.O=C(O)C(F)(F)F.O=C(O)C(F)(F)F.